The number of piperidine rings is 1. The molecule has 1 fully saturated rings. The number of aromatic nitrogens is 1. The zero-order valence-electron chi connectivity index (χ0n) is 12.2. The highest BCUT2D eigenvalue weighted by atomic mass is 16.3. The third kappa shape index (κ3) is 2.94. The van der Waals surface area contributed by atoms with E-state index >= 15 is 0 Å². The van der Waals surface area contributed by atoms with Gasteiger partial charge in [0.1, 0.15) is 5.82 Å². The summed E-state index contributed by atoms with van der Waals surface area (Å²) < 4.78 is 0. The molecule has 3 N–H and O–H groups in total. The van der Waals surface area contributed by atoms with Crippen LogP contribution in [0.3, 0.4) is 0 Å². The topological polar surface area (TPSA) is 79.5 Å². The number of aliphatic hydroxyl groups excluding tert-OH is 1. The van der Waals surface area contributed by atoms with Crippen LogP contribution in [0.15, 0.2) is 48.7 Å². The molecule has 2 atom stereocenters. The van der Waals surface area contributed by atoms with Crippen LogP contribution in [0, 0.1) is 0 Å². The quantitative estimate of drug-likeness (QED) is 0.883. The molecule has 114 valence electrons. The molecule has 5 heteroatoms. The van der Waals surface area contributed by atoms with Crippen LogP contribution in [0.25, 0.3) is 0 Å². The molecule has 0 aliphatic carbocycles. The Morgan fingerprint density at radius 1 is 1.27 bits per heavy atom. The van der Waals surface area contributed by atoms with Gasteiger partial charge in [-0.25, -0.2) is 4.98 Å². The van der Waals surface area contributed by atoms with Crippen molar-refractivity contribution in [3.8, 4) is 0 Å². The summed E-state index contributed by atoms with van der Waals surface area (Å²) in [5, 5.41) is 10.4. The molecule has 0 spiro atoms. The van der Waals surface area contributed by atoms with Gasteiger partial charge in [-0.2, -0.15) is 0 Å². The van der Waals surface area contributed by atoms with E-state index < -0.39 is 6.10 Å². The Hall–Kier alpha value is -2.40. The van der Waals surface area contributed by atoms with E-state index in [-0.39, 0.29) is 11.8 Å². The minimum atomic E-state index is -0.556. The number of hydrogen-bond acceptors (Lipinski definition) is 4. The molecule has 22 heavy (non-hydrogen) atoms. The van der Waals surface area contributed by atoms with Crippen molar-refractivity contribution >= 4 is 11.7 Å². The van der Waals surface area contributed by atoms with Gasteiger partial charge in [0.15, 0.2) is 0 Å². The van der Waals surface area contributed by atoms with Gasteiger partial charge < -0.3 is 15.7 Å². The first-order valence-electron chi connectivity index (χ1n) is 7.39. The molecule has 0 radical (unpaired) electrons. The summed E-state index contributed by atoms with van der Waals surface area (Å²) >= 11 is 0. The monoisotopic (exact) mass is 297 g/mol. The van der Waals surface area contributed by atoms with Gasteiger partial charge in [0.25, 0.3) is 5.91 Å². The molecule has 0 saturated carbocycles. The summed E-state index contributed by atoms with van der Waals surface area (Å²) in [4.78, 5) is 18.0. The second kappa shape index (κ2) is 6.15. The van der Waals surface area contributed by atoms with Crippen LogP contribution in [0.1, 0.15) is 28.3 Å². The number of likely N-dealkylation sites (tertiary alicyclic amines) is 1. The lowest BCUT2D eigenvalue weighted by Crippen LogP contribution is -2.45. The largest absolute Gasteiger partial charge is 0.391 e. The second-order valence-electron chi connectivity index (χ2n) is 5.59. The van der Waals surface area contributed by atoms with Gasteiger partial charge in [0.05, 0.1) is 6.10 Å². The van der Waals surface area contributed by atoms with Crippen LogP contribution in [-0.4, -0.2) is 40.1 Å². The third-order valence-corrected chi connectivity index (χ3v) is 4.12. The molecule has 3 rings (SSSR count). The van der Waals surface area contributed by atoms with E-state index in [1.165, 1.54) is 6.20 Å². The minimum Gasteiger partial charge on any atom is -0.391 e. The van der Waals surface area contributed by atoms with Crippen LogP contribution in [0.2, 0.25) is 0 Å². The summed E-state index contributed by atoms with van der Waals surface area (Å²) in [5.74, 6) is 0.290. The van der Waals surface area contributed by atoms with Crippen molar-refractivity contribution in [2.45, 2.75) is 18.4 Å². The molecule has 5 nitrogen and oxygen atoms in total. The molecule has 1 aromatic heterocycles. The van der Waals surface area contributed by atoms with E-state index in [2.05, 4.69) is 4.98 Å². The van der Waals surface area contributed by atoms with Gasteiger partial charge in [-0.1, -0.05) is 30.3 Å². The number of benzene rings is 1. The Morgan fingerprint density at radius 3 is 2.73 bits per heavy atom. The molecule has 1 saturated heterocycles. The van der Waals surface area contributed by atoms with E-state index in [1.807, 2.05) is 30.3 Å². The Kier molecular flexibility index (Phi) is 4.06. The highest BCUT2D eigenvalue weighted by molar-refractivity contribution is 5.94. The number of amides is 1. The molecular formula is C17H19N3O2. The number of nitrogens with two attached hydrogens (primary N) is 1. The number of aliphatic hydroxyl groups is 1. The first kappa shape index (κ1) is 14.5. The zero-order valence-corrected chi connectivity index (χ0v) is 12.2. The average molecular weight is 297 g/mol. The number of nitrogens with zero attached hydrogens (tertiary/aromatic N) is 2. The lowest BCUT2D eigenvalue weighted by Gasteiger charge is -2.36. The third-order valence-electron chi connectivity index (χ3n) is 4.12. The molecule has 1 amide bonds. The Morgan fingerprint density at radius 2 is 2.05 bits per heavy atom. The van der Waals surface area contributed by atoms with Crippen molar-refractivity contribution in [2.24, 2.45) is 0 Å². The molecule has 1 aliphatic heterocycles. The number of β-amino-alcohol motifs (C(OH)–C–C–N with tert-alkyl or cyclic N) is 1. The van der Waals surface area contributed by atoms with Crippen molar-refractivity contribution in [2.75, 3.05) is 18.8 Å². The second-order valence-corrected chi connectivity index (χ2v) is 5.59. The lowest BCUT2D eigenvalue weighted by molar-refractivity contribution is 0.0382. The molecule has 1 aromatic carbocycles. The molecule has 2 heterocycles. The van der Waals surface area contributed by atoms with Crippen LogP contribution in [0.5, 0.6) is 0 Å². The standard InChI is InChI=1S/C17H19N3O2/c18-16-10-13(6-8-19-16)17(22)20-9-7-14(15(21)11-20)12-4-2-1-3-5-12/h1-6,8,10,14-15,21H,7,9,11H2,(H2,18,19)/t14-,15+/m0/s1. The smallest absolute Gasteiger partial charge is 0.254 e. The number of anilines is 1. The number of nitrogen functional groups attached to an aromatic ring is 1. The predicted molar refractivity (Wildman–Crippen MR) is 84.4 cm³/mol. The highest BCUT2D eigenvalue weighted by Crippen LogP contribution is 2.29. The van der Waals surface area contributed by atoms with Gasteiger partial charge in [0, 0.05) is 30.8 Å². The number of carbonyl (C=O) groups excluding carboxylic acids is 1. The van der Waals surface area contributed by atoms with E-state index in [9.17, 15) is 9.90 Å². The fraction of sp³-hybridized carbons (Fsp3) is 0.294. The van der Waals surface area contributed by atoms with E-state index in [0.717, 1.165) is 12.0 Å². The minimum absolute atomic E-state index is 0.0766. The van der Waals surface area contributed by atoms with Crippen molar-refractivity contribution in [1.82, 2.24) is 9.88 Å². The maximum absolute atomic E-state index is 12.5. The maximum atomic E-state index is 12.5. The van der Waals surface area contributed by atoms with Crippen molar-refractivity contribution in [3.05, 3.63) is 59.8 Å². The summed E-state index contributed by atoms with van der Waals surface area (Å²) in [6, 6.07) is 13.2. The molecule has 1 aliphatic rings. The fourth-order valence-electron chi connectivity index (χ4n) is 2.97. The Labute approximate surface area is 129 Å². The number of carbonyl (C=O) groups is 1. The zero-order chi connectivity index (χ0) is 15.5. The van der Waals surface area contributed by atoms with Gasteiger partial charge in [-0.15, -0.1) is 0 Å². The van der Waals surface area contributed by atoms with Crippen molar-refractivity contribution in [3.63, 3.8) is 0 Å². The van der Waals surface area contributed by atoms with Gasteiger partial charge in [0.2, 0.25) is 0 Å². The summed E-state index contributed by atoms with van der Waals surface area (Å²) in [6.07, 6.45) is 1.71. The molecule has 0 unspecified atom stereocenters. The van der Waals surface area contributed by atoms with Crippen LogP contribution in [-0.2, 0) is 0 Å². The molecule has 0 bridgehead atoms. The maximum Gasteiger partial charge on any atom is 0.254 e. The number of pyridine rings is 1. The number of hydrogen-bond donors (Lipinski definition) is 2. The number of rotatable bonds is 2. The van der Waals surface area contributed by atoms with Gasteiger partial charge >= 0.3 is 0 Å². The Bertz CT molecular complexity index is 660. The van der Waals surface area contributed by atoms with Gasteiger partial charge in [-0.3, -0.25) is 4.79 Å². The highest BCUT2D eigenvalue weighted by Gasteiger charge is 2.31. The van der Waals surface area contributed by atoms with E-state index in [4.69, 9.17) is 5.73 Å². The van der Waals surface area contributed by atoms with Crippen molar-refractivity contribution < 1.29 is 9.90 Å². The first-order valence-corrected chi connectivity index (χ1v) is 7.39. The van der Waals surface area contributed by atoms with E-state index in [0.29, 0.717) is 24.5 Å². The first-order chi connectivity index (χ1) is 10.6. The predicted octanol–water partition coefficient (Wildman–Crippen LogP) is 1.65. The normalized spacial score (nSPS) is 21.6. The summed E-state index contributed by atoms with van der Waals surface area (Å²) in [6.45, 7) is 0.957. The molecular weight excluding hydrogens is 278 g/mol. The SMILES string of the molecule is Nc1cc(C(=O)N2CC[C@@H](c3ccccc3)[C@H](O)C2)ccn1. The average Bonchev–Trinajstić information content (AvgIpc) is 2.55. The van der Waals surface area contributed by atoms with E-state index in [1.54, 1.807) is 17.0 Å². The van der Waals surface area contributed by atoms with Crippen LogP contribution in [0.4, 0.5) is 5.82 Å². The Balaban J connectivity index is 1.71. The summed E-state index contributed by atoms with van der Waals surface area (Å²) in [5.41, 5.74) is 7.25. The van der Waals surface area contributed by atoms with Crippen LogP contribution >= 0.6 is 0 Å². The van der Waals surface area contributed by atoms with Crippen LogP contribution < -0.4 is 5.73 Å². The summed E-state index contributed by atoms with van der Waals surface area (Å²) in [7, 11) is 0. The van der Waals surface area contributed by atoms with Crippen molar-refractivity contribution in [1.29, 1.82) is 0 Å². The lowest BCUT2D eigenvalue weighted by atomic mass is 9.87. The fourth-order valence-corrected chi connectivity index (χ4v) is 2.97. The van der Waals surface area contributed by atoms with Gasteiger partial charge in [-0.05, 0) is 24.1 Å². The molecule has 2 aromatic rings.